The minimum absolute atomic E-state index is 0.0890. The molecule has 33 heavy (non-hydrogen) atoms. The zero-order chi connectivity index (χ0) is 23.3. The van der Waals surface area contributed by atoms with E-state index < -0.39 is 10.0 Å². The van der Waals surface area contributed by atoms with E-state index in [2.05, 4.69) is 25.0 Å². The number of rotatable bonds is 5. The van der Waals surface area contributed by atoms with Crippen LogP contribution in [-0.4, -0.2) is 75.6 Å². The van der Waals surface area contributed by atoms with Gasteiger partial charge < -0.3 is 14.3 Å². The quantitative estimate of drug-likeness (QED) is 0.462. The van der Waals surface area contributed by atoms with E-state index in [1.165, 1.54) is 27.5 Å². The molecule has 0 saturated carbocycles. The van der Waals surface area contributed by atoms with Crippen LogP contribution in [0.2, 0.25) is 0 Å². The maximum Gasteiger partial charge on any atom is 0.277 e. The van der Waals surface area contributed by atoms with Crippen LogP contribution in [-0.2, 0) is 23.5 Å². The molecule has 1 aliphatic rings. The highest BCUT2D eigenvalue weighted by Gasteiger charge is 2.29. The minimum atomic E-state index is -3.76. The summed E-state index contributed by atoms with van der Waals surface area (Å²) in [6, 6.07) is 3.00. The van der Waals surface area contributed by atoms with E-state index in [0.717, 1.165) is 12.1 Å². The summed E-state index contributed by atoms with van der Waals surface area (Å²) in [5, 5.41) is 4.44. The van der Waals surface area contributed by atoms with Gasteiger partial charge in [-0.25, -0.2) is 18.4 Å². The van der Waals surface area contributed by atoms with Crippen LogP contribution < -0.4 is 5.56 Å². The van der Waals surface area contributed by atoms with Gasteiger partial charge >= 0.3 is 0 Å². The van der Waals surface area contributed by atoms with Crippen LogP contribution in [0, 0.1) is 0 Å². The number of likely N-dealkylation sites (N-methyl/N-ethyl adjacent to an activating group) is 1. The largest absolute Gasteiger partial charge is 0.443 e. The summed E-state index contributed by atoms with van der Waals surface area (Å²) in [7, 11) is -0.0923. The number of sulfonamides is 1. The van der Waals surface area contributed by atoms with Gasteiger partial charge in [-0.2, -0.15) is 9.40 Å². The van der Waals surface area contributed by atoms with Crippen molar-refractivity contribution in [1.29, 1.82) is 0 Å². The molecule has 0 unspecified atom stereocenters. The molecule has 0 amide bonds. The first-order valence-corrected chi connectivity index (χ1v) is 12.3. The van der Waals surface area contributed by atoms with E-state index in [1.807, 2.05) is 14.0 Å². The number of H-pyrrole nitrogens is 1. The second kappa shape index (κ2) is 8.04. The monoisotopic (exact) mass is 471 g/mol. The van der Waals surface area contributed by atoms with Crippen molar-refractivity contribution in [3.63, 3.8) is 0 Å². The zero-order valence-electron chi connectivity index (χ0n) is 18.7. The Morgan fingerprint density at radius 2 is 1.91 bits per heavy atom. The van der Waals surface area contributed by atoms with Crippen LogP contribution in [0.1, 0.15) is 19.0 Å². The number of piperazine rings is 1. The molecule has 1 aliphatic heterocycles. The number of oxazole rings is 1. The molecule has 1 N–H and O–H groups in total. The zero-order valence-corrected chi connectivity index (χ0v) is 19.5. The number of aryl methyl sites for hydroxylation is 2. The van der Waals surface area contributed by atoms with Gasteiger partial charge in [-0.15, -0.1) is 0 Å². The summed E-state index contributed by atoms with van der Waals surface area (Å²) in [5.41, 5.74) is 2.33. The highest BCUT2D eigenvalue weighted by molar-refractivity contribution is 7.89. The molecule has 0 aliphatic carbocycles. The predicted octanol–water partition coefficient (Wildman–Crippen LogP) is 1.35. The third-order valence-electron chi connectivity index (χ3n) is 6.01. The molecule has 0 bridgehead atoms. The molecule has 174 valence electrons. The number of hydrogen-bond acceptors (Lipinski definition) is 8. The standard InChI is InChI=1S/C21H25N7O4S/c1-4-5-15-17-18(27(3)25-15)21(29)24-20(23-17)14-10-13(11-16-19(14)32-12-22-16)33(30,31)28-8-6-26(2)7-9-28/h10-12H,4-9H2,1-3H3,(H,23,24,29). The molecule has 0 spiro atoms. The van der Waals surface area contributed by atoms with E-state index in [1.54, 1.807) is 7.05 Å². The number of aromatic amines is 1. The number of aromatic nitrogens is 5. The third-order valence-corrected chi connectivity index (χ3v) is 7.89. The molecule has 0 radical (unpaired) electrons. The number of nitrogens with zero attached hydrogens (tertiary/aromatic N) is 6. The highest BCUT2D eigenvalue weighted by Crippen LogP contribution is 2.31. The van der Waals surface area contributed by atoms with Crippen molar-refractivity contribution >= 4 is 32.2 Å². The second-order valence-corrected chi connectivity index (χ2v) is 10.2. The van der Waals surface area contributed by atoms with Crippen molar-refractivity contribution in [2.45, 2.75) is 24.7 Å². The Morgan fingerprint density at radius 1 is 1.15 bits per heavy atom. The number of benzene rings is 1. The maximum absolute atomic E-state index is 13.4. The van der Waals surface area contributed by atoms with E-state index in [9.17, 15) is 13.2 Å². The first kappa shape index (κ1) is 21.7. The predicted molar refractivity (Wildman–Crippen MR) is 122 cm³/mol. The third kappa shape index (κ3) is 3.63. The van der Waals surface area contributed by atoms with Crippen molar-refractivity contribution in [2.24, 2.45) is 7.05 Å². The van der Waals surface area contributed by atoms with Crippen LogP contribution in [0.4, 0.5) is 0 Å². The fraction of sp³-hybridized carbons (Fsp3) is 0.429. The topological polar surface area (TPSA) is 130 Å². The average molecular weight is 472 g/mol. The number of fused-ring (bicyclic) bond motifs is 2. The van der Waals surface area contributed by atoms with Gasteiger partial charge in [0.05, 0.1) is 16.2 Å². The Morgan fingerprint density at radius 3 is 2.64 bits per heavy atom. The maximum atomic E-state index is 13.4. The van der Waals surface area contributed by atoms with Gasteiger partial charge in [-0.1, -0.05) is 13.3 Å². The Bertz CT molecular complexity index is 1510. The molecule has 5 rings (SSSR count). The van der Waals surface area contributed by atoms with Crippen molar-refractivity contribution in [1.82, 2.24) is 33.9 Å². The van der Waals surface area contributed by atoms with E-state index in [-0.39, 0.29) is 16.3 Å². The molecule has 1 saturated heterocycles. The summed E-state index contributed by atoms with van der Waals surface area (Å²) in [6.07, 6.45) is 2.77. The average Bonchev–Trinajstić information content (AvgIpc) is 3.38. The normalized spacial score (nSPS) is 16.2. The van der Waals surface area contributed by atoms with Crippen LogP contribution in [0.15, 0.2) is 32.6 Å². The lowest BCUT2D eigenvalue weighted by molar-refractivity contribution is 0.222. The lowest BCUT2D eigenvalue weighted by atomic mass is 10.1. The lowest BCUT2D eigenvalue weighted by Gasteiger charge is -2.31. The van der Waals surface area contributed by atoms with Gasteiger partial charge in [0.25, 0.3) is 5.56 Å². The molecule has 0 atom stereocenters. The summed E-state index contributed by atoms with van der Waals surface area (Å²) >= 11 is 0. The summed E-state index contributed by atoms with van der Waals surface area (Å²) in [6.45, 7) is 4.15. The Balaban J connectivity index is 1.69. The molecule has 11 nitrogen and oxygen atoms in total. The van der Waals surface area contributed by atoms with E-state index in [0.29, 0.717) is 60.3 Å². The first-order valence-electron chi connectivity index (χ1n) is 10.8. The summed E-state index contributed by atoms with van der Waals surface area (Å²) < 4.78 is 35.4. The molecule has 1 fully saturated rings. The van der Waals surface area contributed by atoms with Gasteiger partial charge in [-0.3, -0.25) is 9.48 Å². The molecule has 4 heterocycles. The molecule has 12 heteroatoms. The molecular formula is C21H25N7O4S. The van der Waals surface area contributed by atoms with Crippen molar-refractivity contribution in [2.75, 3.05) is 33.2 Å². The van der Waals surface area contributed by atoms with Gasteiger partial charge in [0.2, 0.25) is 10.0 Å². The van der Waals surface area contributed by atoms with Crippen molar-refractivity contribution < 1.29 is 12.8 Å². The number of nitrogens with one attached hydrogen (secondary N) is 1. The van der Waals surface area contributed by atoms with Crippen LogP contribution in [0.3, 0.4) is 0 Å². The van der Waals surface area contributed by atoms with Crippen LogP contribution >= 0.6 is 0 Å². The van der Waals surface area contributed by atoms with Gasteiger partial charge in [0.15, 0.2) is 17.5 Å². The molecule has 4 aromatic rings. The van der Waals surface area contributed by atoms with Crippen LogP contribution in [0.25, 0.3) is 33.5 Å². The smallest absolute Gasteiger partial charge is 0.277 e. The SMILES string of the molecule is CCCc1nn(C)c2c(=O)[nH]c(-c3cc(S(=O)(=O)N4CCN(C)CC4)cc4ncoc34)nc12. The second-order valence-electron chi connectivity index (χ2n) is 8.31. The minimum Gasteiger partial charge on any atom is -0.443 e. The first-order chi connectivity index (χ1) is 15.8. The number of hydrogen-bond donors (Lipinski definition) is 1. The summed E-state index contributed by atoms with van der Waals surface area (Å²) in [4.78, 5) is 26.7. The van der Waals surface area contributed by atoms with Gasteiger partial charge in [0.1, 0.15) is 16.9 Å². The Kier molecular flexibility index (Phi) is 5.30. The molecule has 1 aromatic carbocycles. The molecular weight excluding hydrogens is 446 g/mol. The Hall–Kier alpha value is -3.09. The lowest BCUT2D eigenvalue weighted by Crippen LogP contribution is -2.47. The van der Waals surface area contributed by atoms with E-state index >= 15 is 0 Å². The van der Waals surface area contributed by atoms with Crippen LogP contribution in [0.5, 0.6) is 0 Å². The fourth-order valence-electron chi connectivity index (χ4n) is 4.23. The van der Waals surface area contributed by atoms with Crippen molar-refractivity contribution in [3.05, 3.63) is 34.6 Å². The van der Waals surface area contributed by atoms with Gasteiger partial charge in [0, 0.05) is 33.2 Å². The fourth-order valence-corrected chi connectivity index (χ4v) is 5.69. The highest BCUT2D eigenvalue weighted by atomic mass is 32.2. The molecule has 3 aromatic heterocycles. The Labute approximate surface area is 190 Å². The summed E-state index contributed by atoms with van der Waals surface area (Å²) in [5.74, 6) is 0.218. The van der Waals surface area contributed by atoms with E-state index in [4.69, 9.17) is 4.42 Å². The van der Waals surface area contributed by atoms with Crippen molar-refractivity contribution in [3.8, 4) is 11.4 Å². The van der Waals surface area contributed by atoms with Gasteiger partial charge in [-0.05, 0) is 25.6 Å².